The molecule has 0 aliphatic carbocycles. The summed E-state index contributed by atoms with van der Waals surface area (Å²) >= 11 is 11.4. The molecule has 0 radical (unpaired) electrons. The molecule has 88 valence electrons. The van der Waals surface area contributed by atoms with Gasteiger partial charge in [-0.25, -0.2) is 0 Å². The highest BCUT2D eigenvalue weighted by Crippen LogP contribution is 2.21. The van der Waals surface area contributed by atoms with E-state index in [1.165, 1.54) is 11.3 Å². The molecule has 1 aromatic heterocycles. The summed E-state index contributed by atoms with van der Waals surface area (Å²) in [5.41, 5.74) is 0.630. The van der Waals surface area contributed by atoms with Gasteiger partial charge in [-0.05, 0) is 36.4 Å². The molecule has 0 aliphatic heterocycles. The van der Waals surface area contributed by atoms with Crippen molar-refractivity contribution in [2.75, 3.05) is 0 Å². The number of nitrogens with one attached hydrogen (secondary N) is 1. The molecule has 17 heavy (non-hydrogen) atoms. The van der Waals surface area contributed by atoms with Crippen molar-refractivity contribution in [3.63, 3.8) is 0 Å². The van der Waals surface area contributed by atoms with Crippen LogP contribution in [0.15, 0.2) is 41.3 Å². The molecule has 0 fully saturated rings. The second-order valence-corrected chi connectivity index (χ2v) is 5.75. The van der Waals surface area contributed by atoms with E-state index in [2.05, 4.69) is 17.9 Å². The van der Waals surface area contributed by atoms with Crippen molar-refractivity contribution >= 4 is 41.5 Å². The fraction of sp³-hybridized carbons (Fsp3) is 0.0833. The standard InChI is InChI=1S/C12H10ClNOS2/c13-11-6-5-10(17-11)7-14-12(15)8-1-3-9(16)4-2-8/h1-6,16H,7H2,(H,14,15). The molecule has 2 nitrogen and oxygen atoms in total. The van der Waals surface area contributed by atoms with E-state index in [9.17, 15) is 4.79 Å². The van der Waals surface area contributed by atoms with Gasteiger partial charge in [-0.3, -0.25) is 4.79 Å². The van der Waals surface area contributed by atoms with Gasteiger partial charge in [0.2, 0.25) is 0 Å². The van der Waals surface area contributed by atoms with Crippen LogP contribution in [0.3, 0.4) is 0 Å². The van der Waals surface area contributed by atoms with Crippen LogP contribution in [-0.4, -0.2) is 5.91 Å². The van der Waals surface area contributed by atoms with Crippen LogP contribution in [0.5, 0.6) is 0 Å². The van der Waals surface area contributed by atoms with E-state index in [0.29, 0.717) is 12.1 Å². The maximum atomic E-state index is 11.8. The predicted octanol–water partition coefficient (Wildman–Crippen LogP) is 3.62. The van der Waals surface area contributed by atoms with Gasteiger partial charge in [0, 0.05) is 15.3 Å². The molecule has 1 N–H and O–H groups in total. The highest BCUT2D eigenvalue weighted by atomic mass is 35.5. The maximum absolute atomic E-state index is 11.8. The third kappa shape index (κ3) is 3.49. The molecule has 0 spiro atoms. The van der Waals surface area contributed by atoms with Crippen molar-refractivity contribution in [1.82, 2.24) is 5.32 Å². The topological polar surface area (TPSA) is 29.1 Å². The number of benzene rings is 1. The number of carbonyl (C=O) groups is 1. The average Bonchev–Trinajstić information content (AvgIpc) is 2.73. The Balaban J connectivity index is 1.95. The van der Waals surface area contributed by atoms with Gasteiger partial charge in [-0.1, -0.05) is 11.6 Å². The van der Waals surface area contributed by atoms with Gasteiger partial charge in [0.05, 0.1) is 10.9 Å². The summed E-state index contributed by atoms with van der Waals surface area (Å²) in [6, 6.07) is 10.8. The summed E-state index contributed by atoms with van der Waals surface area (Å²) in [6.07, 6.45) is 0. The smallest absolute Gasteiger partial charge is 0.251 e. The number of hydrogen-bond donors (Lipinski definition) is 2. The van der Waals surface area contributed by atoms with Crippen LogP contribution in [0.25, 0.3) is 0 Å². The summed E-state index contributed by atoms with van der Waals surface area (Å²) < 4.78 is 0.730. The molecular formula is C12H10ClNOS2. The molecule has 2 aromatic rings. The Morgan fingerprint density at radius 1 is 1.24 bits per heavy atom. The second kappa shape index (κ2) is 5.58. The molecule has 1 heterocycles. The fourth-order valence-corrected chi connectivity index (χ4v) is 2.51. The first kappa shape index (κ1) is 12.5. The summed E-state index contributed by atoms with van der Waals surface area (Å²) in [6.45, 7) is 0.499. The van der Waals surface area contributed by atoms with Crippen molar-refractivity contribution in [3.8, 4) is 0 Å². The van der Waals surface area contributed by atoms with Crippen LogP contribution in [0, 0.1) is 0 Å². The predicted molar refractivity (Wildman–Crippen MR) is 74.2 cm³/mol. The van der Waals surface area contributed by atoms with Gasteiger partial charge in [0.15, 0.2) is 0 Å². The van der Waals surface area contributed by atoms with E-state index < -0.39 is 0 Å². The average molecular weight is 284 g/mol. The molecule has 0 saturated carbocycles. The van der Waals surface area contributed by atoms with Gasteiger partial charge in [-0.15, -0.1) is 24.0 Å². The molecular weight excluding hydrogens is 274 g/mol. The lowest BCUT2D eigenvalue weighted by Gasteiger charge is -2.03. The van der Waals surface area contributed by atoms with Crippen molar-refractivity contribution in [1.29, 1.82) is 0 Å². The first-order valence-corrected chi connectivity index (χ1v) is 6.61. The number of halogens is 1. The van der Waals surface area contributed by atoms with Crippen molar-refractivity contribution in [2.45, 2.75) is 11.4 Å². The third-order valence-corrected chi connectivity index (χ3v) is 3.71. The van der Waals surface area contributed by atoms with Gasteiger partial charge in [0.25, 0.3) is 5.91 Å². The van der Waals surface area contributed by atoms with Crippen LogP contribution < -0.4 is 5.32 Å². The first-order chi connectivity index (χ1) is 8.15. The van der Waals surface area contributed by atoms with E-state index in [1.54, 1.807) is 24.3 Å². The zero-order chi connectivity index (χ0) is 12.3. The van der Waals surface area contributed by atoms with E-state index in [-0.39, 0.29) is 5.91 Å². The lowest BCUT2D eigenvalue weighted by atomic mass is 10.2. The Kier molecular flexibility index (Phi) is 4.10. The minimum absolute atomic E-state index is 0.0946. The third-order valence-electron chi connectivity index (χ3n) is 2.18. The number of thiol groups is 1. The van der Waals surface area contributed by atoms with E-state index >= 15 is 0 Å². The summed E-state index contributed by atoms with van der Waals surface area (Å²) in [4.78, 5) is 13.6. The fourth-order valence-electron chi connectivity index (χ4n) is 1.33. The molecule has 2 rings (SSSR count). The van der Waals surface area contributed by atoms with Gasteiger partial charge >= 0.3 is 0 Å². The van der Waals surface area contributed by atoms with Crippen LogP contribution >= 0.6 is 35.6 Å². The lowest BCUT2D eigenvalue weighted by Crippen LogP contribution is -2.22. The zero-order valence-electron chi connectivity index (χ0n) is 8.81. The van der Waals surface area contributed by atoms with Gasteiger partial charge in [0.1, 0.15) is 0 Å². The number of rotatable bonds is 3. The normalized spacial score (nSPS) is 10.2. The van der Waals surface area contributed by atoms with E-state index in [1.807, 2.05) is 12.1 Å². The molecule has 0 atom stereocenters. The molecule has 0 saturated heterocycles. The highest BCUT2D eigenvalue weighted by Gasteiger charge is 2.05. The number of carbonyl (C=O) groups excluding carboxylic acids is 1. The van der Waals surface area contributed by atoms with Crippen LogP contribution in [0.4, 0.5) is 0 Å². The number of amides is 1. The summed E-state index contributed by atoms with van der Waals surface area (Å²) in [5, 5.41) is 2.84. The molecule has 1 amide bonds. The zero-order valence-corrected chi connectivity index (χ0v) is 11.3. The molecule has 0 unspecified atom stereocenters. The number of hydrogen-bond acceptors (Lipinski definition) is 3. The quantitative estimate of drug-likeness (QED) is 0.828. The largest absolute Gasteiger partial charge is 0.347 e. The minimum atomic E-state index is -0.0946. The Morgan fingerprint density at radius 2 is 1.94 bits per heavy atom. The maximum Gasteiger partial charge on any atom is 0.251 e. The summed E-state index contributed by atoms with van der Waals surface area (Å²) in [5.74, 6) is -0.0946. The van der Waals surface area contributed by atoms with E-state index in [4.69, 9.17) is 11.6 Å². The van der Waals surface area contributed by atoms with E-state index in [0.717, 1.165) is 14.1 Å². The Morgan fingerprint density at radius 3 is 2.53 bits per heavy atom. The van der Waals surface area contributed by atoms with Gasteiger partial charge < -0.3 is 5.32 Å². The van der Waals surface area contributed by atoms with Crippen LogP contribution in [-0.2, 0) is 6.54 Å². The van der Waals surface area contributed by atoms with Crippen LogP contribution in [0.2, 0.25) is 4.34 Å². The molecule has 0 bridgehead atoms. The van der Waals surface area contributed by atoms with Crippen molar-refractivity contribution in [2.24, 2.45) is 0 Å². The summed E-state index contributed by atoms with van der Waals surface area (Å²) in [7, 11) is 0. The second-order valence-electron chi connectivity index (χ2n) is 3.44. The Labute approximate surface area is 114 Å². The Bertz CT molecular complexity index is 522. The van der Waals surface area contributed by atoms with Crippen molar-refractivity contribution in [3.05, 3.63) is 51.2 Å². The SMILES string of the molecule is O=C(NCc1ccc(Cl)s1)c1ccc(S)cc1. The molecule has 1 aromatic carbocycles. The highest BCUT2D eigenvalue weighted by molar-refractivity contribution is 7.80. The minimum Gasteiger partial charge on any atom is -0.347 e. The molecule has 5 heteroatoms. The molecule has 0 aliphatic rings. The van der Waals surface area contributed by atoms with Crippen LogP contribution in [0.1, 0.15) is 15.2 Å². The monoisotopic (exact) mass is 283 g/mol. The lowest BCUT2D eigenvalue weighted by molar-refractivity contribution is 0.0951. The van der Waals surface area contributed by atoms with Gasteiger partial charge in [-0.2, -0.15) is 0 Å². The van der Waals surface area contributed by atoms with Crippen molar-refractivity contribution < 1.29 is 4.79 Å². The number of thiophene rings is 1. The first-order valence-electron chi connectivity index (χ1n) is 4.96. The Hall–Kier alpha value is -0.970.